The molecule has 1 aromatic heterocycles. The number of halogens is 1. The van der Waals surface area contributed by atoms with E-state index >= 15 is 0 Å². The van der Waals surface area contributed by atoms with Gasteiger partial charge in [-0.3, -0.25) is 4.99 Å². The Morgan fingerprint density at radius 3 is 2.73 bits per heavy atom. The molecule has 0 saturated heterocycles. The van der Waals surface area contributed by atoms with Gasteiger partial charge in [0, 0.05) is 51.2 Å². The van der Waals surface area contributed by atoms with Gasteiger partial charge in [-0.05, 0) is 25.0 Å². The zero-order chi connectivity index (χ0) is 18.8. The molecule has 0 amide bonds. The minimum absolute atomic E-state index is 0.186. The first-order valence-corrected chi connectivity index (χ1v) is 9.79. The van der Waals surface area contributed by atoms with Gasteiger partial charge in [-0.25, -0.2) is 9.37 Å². The van der Waals surface area contributed by atoms with Crippen LogP contribution in [0, 0.1) is 5.82 Å². The van der Waals surface area contributed by atoms with Crippen LogP contribution in [0.15, 0.2) is 35.5 Å². The van der Waals surface area contributed by atoms with Gasteiger partial charge in [-0.15, -0.1) is 11.3 Å². The van der Waals surface area contributed by atoms with Crippen molar-refractivity contribution in [2.45, 2.75) is 26.2 Å². The van der Waals surface area contributed by atoms with Gasteiger partial charge in [-0.2, -0.15) is 0 Å². The highest BCUT2D eigenvalue weighted by Crippen LogP contribution is 2.16. The summed E-state index contributed by atoms with van der Waals surface area (Å²) in [6.07, 6.45) is 4.77. The van der Waals surface area contributed by atoms with Crippen LogP contribution in [0.25, 0.3) is 0 Å². The molecule has 5 nitrogen and oxygen atoms in total. The third-order valence-electron chi connectivity index (χ3n) is 4.03. The lowest BCUT2D eigenvalue weighted by Gasteiger charge is -2.20. The molecule has 2 aromatic rings. The molecule has 2 rings (SSSR count). The number of nitrogens with zero attached hydrogens (tertiary/aromatic N) is 3. The number of rotatable bonds is 9. The predicted octanol–water partition coefficient (Wildman–Crippen LogP) is 3.08. The maximum Gasteiger partial charge on any atom is 0.190 e. The summed E-state index contributed by atoms with van der Waals surface area (Å²) >= 11 is 1.77. The number of anilines is 1. The molecule has 0 radical (unpaired) electrons. The van der Waals surface area contributed by atoms with Crippen LogP contribution in [0.3, 0.4) is 0 Å². The second kappa shape index (κ2) is 10.8. The molecule has 0 aliphatic rings. The minimum Gasteiger partial charge on any atom is -0.372 e. The summed E-state index contributed by atoms with van der Waals surface area (Å²) in [4.78, 5) is 11.9. The lowest BCUT2D eigenvalue weighted by atomic mass is 10.2. The smallest absolute Gasteiger partial charge is 0.190 e. The van der Waals surface area contributed by atoms with Gasteiger partial charge in [0.1, 0.15) is 5.82 Å². The average molecular weight is 378 g/mol. The van der Waals surface area contributed by atoms with E-state index < -0.39 is 0 Å². The SMILES string of the molecule is CCc1cnc(CCNC(=NC)NCCCN(C)c2ccccc2F)s1. The standard InChI is InChI=1S/C19H28FN5S/c1-4-15-14-24-18(26-15)10-12-23-19(21-2)22-11-7-13-25(3)17-9-6-5-8-16(17)20/h5-6,8-9,14H,4,7,10-13H2,1-3H3,(H2,21,22,23). The fourth-order valence-electron chi connectivity index (χ4n) is 2.54. The van der Waals surface area contributed by atoms with E-state index in [0.717, 1.165) is 49.9 Å². The third kappa shape index (κ3) is 6.29. The zero-order valence-electron chi connectivity index (χ0n) is 15.8. The van der Waals surface area contributed by atoms with Crippen LogP contribution in [-0.4, -0.2) is 44.7 Å². The number of hydrogen-bond donors (Lipinski definition) is 2. The van der Waals surface area contributed by atoms with E-state index in [9.17, 15) is 4.39 Å². The molecule has 0 spiro atoms. The highest BCUT2D eigenvalue weighted by Gasteiger charge is 2.06. The van der Waals surface area contributed by atoms with Crippen molar-refractivity contribution in [3.8, 4) is 0 Å². The van der Waals surface area contributed by atoms with E-state index in [1.54, 1.807) is 30.5 Å². The molecule has 142 valence electrons. The first kappa shape index (κ1) is 20.2. The maximum absolute atomic E-state index is 13.7. The number of aromatic nitrogens is 1. The first-order valence-electron chi connectivity index (χ1n) is 8.97. The van der Waals surface area contributed by atoms with Gasteiger partial charge in [0.15, 0.2) is 5.96 Å². The van der Waals surface area contributed by atoms with Gasteiger partial charge in [0.25, 0.3) is 0 Å². The van der Waals surface area contributed by atoms with Crippen LogP contribution < -0.4 is 15.5 Å². The van der Waals surface area contributed by atoms with E-state index in [1.165, 1.54) is 10.9 Å². The Kier molecular flexibility index (Phi) is 8.34. The van der Waals surface area contributed by atoms with Crippen molar-refractivity contribution in [2.75, 3.05) is 38.6 Å². The Hall–Kier alpha value is -2.15. The third-order valence-corrected chi connectivity index (χ3v) is 5.23. The minimum atomic E-state index is -0.186. The average Bonchev–Trinajstić information content (AvgIpc) is 3.11. The van der Waals surface area contributed by atoms with Crippen molar-refractivity contribution in [1.82, 2.24) is 15.6 Å². The summed E-state index contributed by atoms with van der Waals surface area (Å²) in [7, 11) is 3.67. The molecule has 1 aromatic carbocycles. The predicted molar refractivity (Wildman–Crippen MR) is 109 cm³/mol. The number of aryl methyl sites for hydroxylation is 1. The molecule has 7 heteroatoms. The van der Waals surface area contributed by atoms with Crippen LogP contribution in [0.5, 0.6) is 0 Å². The number of para-hydroxylation sites is 1. The van der Waals surface area contributed by atoms with Crippen LogP contribution in [-0.2, 0) is 12.8 Å². The van der Waals surface area contributed by atoms with E-state index in [-0.39, 0.29) is 5.82 Å². The molecule has 0 fully saturated rings. The topological polar surface area (TPSA) is 52.6 Å². The molecular weight excluding hydrogens is 349 g/mol. The molecule has 0 bridgehead atoms. The van der Waals surface area contributed by atoms with Gasteiger partial charge in [0.2, 0.25) is 0 Å². The lowest BCUT2D eigenvalue weighted by molar-refractivity contribution is 0.619. The Morgan fingerprint density at radius 2 is 2.04 bits per heavy atom. The van der Waals surface area contributed by atoms with Crippen LogP contribution in [0.4, 0.5) is 10.1 Å². The molecule has 0 aliphatic carbocycles. The van der Waals surface area contributed by atoms with Crippen molar-refractivity contribution in [2.24, 2.45) is 4.99 Å². The van der Waals surface area contributed by atoms with Crippen molar-refractivity contribution in [1.29, 1.82) is 0 Å². The Labute approximate surface area is 159 Å². The van der Waals surface area contributed by atoms with Crippen molar-refractivity contribution < 1.29 is 4.39 Å². The van der Waals surface area contributed by atoms with E-state index in [1.807, 2.05) is 24.2 Å². The monoisotopic (exact) mass is 377 g/mol. The van der Waals surface area contributed by atoms with E-state index in [4.69, 9.17) is 0 Å². The first-order chi connectivity index (χ1) is 12.6. The van der Waals surface area contributed by atoms with Crippen molar-refractivity contribution in [3.05, 3.63) is 46.2 Å². The summed E-state index contributed by atoms with van der Waals surface area (Å²) < 4.78 is 13.7. The fourth-order valence-corrected chi connectivity index (χ4v) is 3.40. The Balaban J connectivity index is 1.65. The van der Waals surface area contributed by atoms with Crippen LogP contribution >= 0.6 is 11.3 Å². The van der Waals surface area contributed by atoms with Gasteiger partial charge >= 0.3 is 0 Å². The summed E-state index contributed by atoms with van der Waals surface area (Å²) in [6, 6.07) is 6.84. The summed E-state index contributed by atoms with van der Waals surface area (Å²) in [5, 5.41) is 7.75. The number of nitrogens with one attached hydrogen (secondary N) is 2. The Morgan fingerprint density at radius 1 is 1.27 bits per heavy atom. The molecule has 1 heterocycles. The fraction of sp³-hybridized carbons (Fsp3) is 0.474. The number of aliphatic imine (C=N–C) groups is 1. The normalized spacial score (nSPS) is 11.5. The molecule has 0 unspecified atom stereocenters. The van der Waals surface area contributed by atoms with Gasteiger partial charge < -0.3 is 15.5 Å². The van der Waals surface area contributed by atoms with Gasteiger partial charge in [0.05, 0.1) is 10.7 Å². The summed E-state index contributed by atoms with van der Waals surface area (Å²) in [5.41, 5.74) is 0.630. The second-order valence-corrected chi connectivity index (χ2v) is 7.18. The van der Waals surface area contributed by atoms with Gasteiger partial charge in [-0.1, -0.05) is 19.1 Å². The van der Waals surface area contributed by atoms with E-state index in [0.29, 0.717) is 5.69 Å². The molecular formula is C19H28FN5S. The van der Waals surface area contributed by atoms with Crippen LogP contribution in [0.1, 0.15) is 23.2 Å². The summed E-state index contributed by atoms with van der Waals surface area (Å²) in [6.45, 7) is 4.48. The largest absolute Gasteiger partial charge is 0.372 e. The number of guanidine groups is 1. The summed E-state index contributed by atoms with van der Waals surface area (Å²) in [5.74, 6) is 0.597. The molecule has 0 atom stereocenters. The van der Waals surface area contributed by atoms with E-state index in [2.05, 4.69) is 27.5 Å². The quantitative estimate of drug-likeness (QED) is 0.401. The highest BCUT2D eigenvalue weighted by atomic mass is 32.1. The maximum atomic E-state index is 13.7. The van der Waals surface area contributed by atoms with Crippen molar-refractivity contribution >= 4 is 23.0 Å². The second-order valence-electron chi connectivity index (χ2n) is 5.98. The number of hydrogen-bond acceptors (Lipinski definition) is 4. The molecule has 2 N–H and O–H groups in total. The Bertz CT molecular complexity index is 701. The van der Waals surface area contributed by atoms with Crippen LogP contribution in [0.2, 0.25) is 0 Å². The highest BCUT2D eigenvalue weighted by molar-refractivity contribution is 7.11. The number of thiazole rings is 1. The molecule has 0 saturated carbocycles. The molecule has 26 heavy (non-hydrogen) atoms. The van der Waals surface area contributed by atoms with Crippen molar-refractivity contribution in [3.63, 3.8) is 0 Å². The molecule has 0 aliphatic heterocycles. The number of benzene rings is 1. The lowest BCUT2D eigenvalue weighted by Crippen LogP contribution is -2.39. The zero-order valence-corrected chi connectivity index (χ0v) is 16.6.